The van der Waals surface area contributed by atoms with Gasteiger partial charge in [-0.3, -0.25) is 28.2 Å². The van der Waals surface area contributed by atoms with E-state index in [-0.39, 0.29) is 69.3 Å². The maximum Gasteiger partial charge on any atom is 0.293 e. The molecule has 0 bridgehead atoms. The lowest BCUT2D eigenvalue weighted by Crippen LogP contribution is -2.42. The van der Waals surface area contributed by atoms with Gasteiger partial charge in [0, 0.05) is 48.7 Å². The normalized spacial score (nSPS) is 17.3. The van der Waals surface area contributed by atoms with Crippen LogP contribution in [0.1, 0.15) is 47.1 Å². The molecule has 302 valence electrons. The van der Waals surface area contributed by atoms with Gasteiger partial charge in [0.25, 0.3) is 17.9 Å². The number of nitrogens with zero attached hydrogens (tertiary/aromatic N) is 6. The molecule has 3 aromatic heterocycles. The van der Waals surface area contributed by atoms with Gasteiger partial charge in [-0.15, -0.1) is 0 Å². The predicted molar refractivity (Wildman–Crippen MR) is 201 cm³/mol. The molecule has 0 saturated heterocycles. The van der Waals surface area contributed by atoms with E-state index in [9.17, 15) is 35.6 Å². The lowest BCUT2D eigenvalue weighted by molar-refractivity contribution is -0.122. The molecule has 0 spiro atoms. The van der Waals surface area contributed by atoms with E-state index < -0.39 is 81.3 Å². The van der Waals surface area contributed by atoms with Gasteiger partial charge in [0.05, 0.1) is 33.6 Å². The maximum atomic E-state index is 15.3. The molecule has 12 nitrogen and oxygen atoms in total. The van der Waals surface area contributed by atoms with Crippen molar-refractivity contribution in [2.75, 3.05) is 11.0 Å². The molecule has 1 amide bonds. The number of hydrogen-bond donors (Lipinski definition) is 2. The number of carbonyl (C=O) groups excluding carboxylic acids is 1. The van der Waals surface area contributed by atoms with Crippen LogP contribution in [0, 0.1) is 17.6 Å². The fourth-order valence-electron chi connectivity index (χ4n) is 7.86. The molecule has 3 heterocycles. The Bertz CT molecular complexity index is 2790. The van der Waals surface area contributed by atoms with Crippen LogP contribution in [0.4, 0.5) is 32.2 Å². The largest absolute Gasteiger partial charge is 0.351 e. The Hall–Kier alpha value is -5.69. The van der Waals surface area contributed by atoms with Crippen LogP contribution >= 0.6 is 11.6 Å². The van der Waals surface area contributed by atoms with Crippen molar-refractivity contribution < 1.29 is 39.6 Å². The third kappa shape index (κ3) is 7.20. The number of halogens is 7. The summed E-state index contributed by atoms with van der Waals surface area (Å²) >= 11 is 6.56. The summed E-state index contributed by atoms with van der Waals surface area (Å²) in [6.45, 7) is -0.897. The number of aryl methyl sites for hydroxylation is 1. The van der Waals surface area contributed by atoms with Gasteiger partial charge < -0.3 is 5.32 Å². The molecule has 0 radical (unpaired) electrons. The maximum absolute atomic E-state index is 15.3. The lowest BCUT2D eigenvalue weighted by Gasteiger charge is -2.23. The minimum absolute atomic E-state index is 0.0115. The fourth-order valence-corrected chi connectivity index (χ4v) is 8.60. The van der Waals surface area contributed by atoms with Crippen molar-refractivity contribution >= 4 is 44.3 Å². The zero-order valence-electron chi connectivity index (χ0n) is 30.4. The Balaban J connectivity index is 1.24. The number of sulfonamides is 1. The highest BCUT2D eigenvalue weighted by Crippen LogP contribution is 2.68. The van der Waals surface area contributed by atoms with Crippen molar-refractivity contribution in [1.82, 2.24) is 34.4 Å². The zero-order valence-corrected chi connectivity index (χ0v) is 31.9. The molecule has 1 saturated carbocycles. The Labute approximate surface area is 330 Å². The van der Waals surface area contributed by atoms with E-state index in [1.54, 1.807) is 30.3 Å². The minimum Gasteiger partial charge on any atom is -0.351 e. The van der Waals surface area contributed by atoms with E-state index in [1.165, 1.54) is 34.5 Å². The van der Waals surface area contributed by atoms with Crippen molar-refractivity contribution in [1.29, 1.82) is 0 Å². The van der Waals surface area contributed by atoms with Crippen LogP contribution in [0.25, 0.3) is 27.8 Å². The molecule has 2 N–H and O–H groups in total. The second-order valence-electron chi connectivity index (χ2n) is 14.4. The second kappa shape index (κ2) is 14.3. The SMILES string of the molecule is Cn1nc(NS(C)(=O)=O)c2c(Cl)ccc(-n3c(C[C@@H](Cc4cc(F)cc(F)c4)NC(=O)Cn4nc(C(F)F)c5c4C(F)(F)[C@@H]4C[C@H]54)nc(-c4ccccc4)cc3=O)c21. The summed E-state index contributed by atoms with van der Waals surface area (Å²) in [7, 11) is -2.35. The quantitative estimate of drug-likeness (QED) is 0.136. The van der Waals surface area contributed by atoms with Gasteiger partial charge in [0.2, 0.25) is 15.9 Å². The molecule has 8 rings (SSSR count). The average Bonchev–Trinajstić information content (AvgIpc) is 3.67. The van der Waals surface area contributed by atoms with Gasteiger partial charge in [0.1, 0.15) is 35.4 Å². The van der Waals surface area contributed by atoms with E-state index in [0.29, 0.717) is 16.3 Å². The van der Waals surface area contributed by atoms with E-state index in [0.717, 1.165) is 18.4 Å². The number of aromatic nitrogens is 6. The topological polar surface area (TPSA) is 146 Å². The number of benzene rings is 3. The Morgan fingerprint density at radius 3 is 2.40 bits per heavy atom. The van der Waals surface area contributed by atoms with Gasteiger partial charge in [0.15, 0.2) is 5.82 Å². The molecular weight excluding hydrogens is 814 g/mol. The monoisotopic (exact) mass is 844 g/mol. The van der Waals surface area contributed by atoms with Crippen LogP contribution in [0.2, 0.25) is 5.02 Å². The summed E-state index contributed by atoms with van der Waals surface area (Å²) in [4.78, 5) is 32.9. The van der Waals surface area contributed by atoms with Crippen molar-refractivity contribution in [2.24, 2.45) is 13.0 Å². The highest BCUT2D eigenvalue weighted by molar-refractivity contribution is 7.92. The molecule has 1 fully saturated rings. The van der Waals surface area contributed by atoms with Crippen LogP contribution in [0.3, 0.4) is 0 Å². The predicted octanol–water partition coefficient (Wildman–Crippen LogP) is 6.40. The summed E-state index contributed by atoms with van der Waals surface area (Å²) in [5.74, 6) is -8.39. The molecule has 2 aliphatic rings. The minimum atomic E-state index is -3.85. The van der Waals surface area contributed by atoms with Crippen LogP contribution in [-0.4, -0.2) is 55.7 Å². The van der Waals surface area contributed by atoms with Gasteiger partial charge in [-0.2, -0.15) is 19.0 Å². The molecule has 20 heteroatoms. The van der Waals surface area contributed by atoms with Gasteiger partial charge in [-0.05, 0) is 48.6 Å². The molecule has 0 aliphatic heterocycles. The summed E-state index contributed by atoms with van der Waals surface area (Å²) in [6.07, 6.45) is -2.84. The third-order valence-electron chi connectivity index (χ3n) is 10.2. The first-order chi connectivity index (χ1) is 27.4. The number of alkyl halides is 4. The number of hydrogen-bond acceptors (Lipinski definition) is 7. The number of fused-ring (bicyclic) bond motifs is 4. The van der Waals surface area contributed by atoms with Gasteiger partial charge in [-0.25, -0.2) is 31.0 Å². The van der Waals surface area contributed by atoms with E-state index >= 15 is 8.78 Å². The highest BCUT2D eigenvalue weighted by atomic mass is 35.5. The molecule has 0 unspecified atom stereocenters. The second-order valence-corrected chi connectivity index (χ2v) is 16.5. The number of anilines is 1. The van der Waals surface area contributed by atoms with E-state index in [1.807, 2.05) is 0 Å². The van der Waals surface area contributed by atoms with Crippen LogP contribution in [0.5, 0.6) is 0 Å². The first-order valence-corrected chi connectivity index (χ1v) is 20.0. The van der Waals surface area contributed by atoms with Crippen molar-refractivity contribution in [3.63, 3.8) is 0 Å². The Morgan fingerprint density at radius 2 is 1.72 bits per heavy atom. The van der Waals surface area contributed by atoms with E-state index in [4.69, 9.17) is 16.6 Å². The lowest BCUT2D eigenvalue weighted by atomic mass is 10.0. The molecule has 3 aromatic carbocycles. The standard InChI is InChI=1S/C38H31ClF6N8O4S/c1-51-34-27(9-8-25(39)32(34)37(49-51)50-58(2,56)57)53-28(47-26(16-30(53)55)19-6-4-3-5-7-19)14-22(12-18-10-20(40)13-21(41)11-18)46-29(54)17-52-35-31(33(48-52)36(42)43)23-15-24(23)38(35,44)45/h3-11,13,16,22-24,36H,12,14-15,17H2,1-2H3,(H,46,54)(H,49,50)/t22-,23+,24-/m1/s1. The molecule has 6 aromatic rings. The van der Waals surface area contributed by atoms with Gasteiger partial charge >= 0.3 is 0 Å². The third-order valence-corrected chi connectivity index (χ3v) is 11.0. The Kier molecular flexibility index (Phi) is 9.65. The Morgan fingerprint density at radius 1 is 1.02 bits per heavy atom. The number of nitrogens with one attached hydrogen (secondary N) is 2. The van der Waals surface area contributed by atoms with Crippen molar-refractivity contribution in [3.05, 3.63) is 122 Å². The first-order valence-electron chi connectivity index (χ1n) is 17.7. The molecule has 3 atom stereocenters. The fraction of sp³-hybridized carbons (Fsp3) is 0.289. The van der Waals surface area contributed by atoms with Crippen molar-refractivity contribution in [2.45, 2.75) is 50.1 Å². The number of amides is 1. The van der Waals surface area contributed by atoms with Gasteiger partial charge in [-0.1, -0.05) is 41.9 Å². The van der Waals surface area contributed by atoms with Crippen molar-refractivity contribution in [3.8, 4) is 16.9 Å². The van der Waals surface area contributed by atoms with E-state index in [2.05, 4.69) is 20.2 Å². The molecule has 2 aliphatic carbocycles. The number of rotatable bonds is 12. The summed E-state index contributed by atoms with van der Waals surface area (Å²) in [6, 6.07) is 14.3. The smallest absolute Gasteiger partial charge is 0.293 e. The van der Waals surface area contributed by atoms with Crippen LogP contribution in [0.15, 0.2) is 71.5 Å². The first kappa shape index (κ1) is 39.2. The highest BCUT2D eigenvalue weighted by Gasteiger charge is 2.67. The molecule has 58 heavy (non-hydrogen) atoms. The molecular formula is C38H31ClF6N8O4S. The zero-order chi connectivity index (χ0) is 41.4. The summed E-state index contributed by atoms with van der Waals surface area (Å²) in [5.41, 5.74) is -1.31. The average molecular weight is 845 g/mol. The van der Waals surface area contributed by atoms with Crippen LogP contribution < -0.4 is 15.6 Å². The summed E-state index contributed by atoms with van der Waals surface area (Å²) < 4.78 is 117. The van der Waals surface area contributed by atoms with Crippen LogP contribution in [-0.2, 0) is 47.2 Å². The summed E-state index contributed by atoms with van der Waals surface area (Å²) in [5, 5.41) is 10.9. The number of carbonyl (C=O) groups is 1.